The Morgan fingerprint density at radius 3 is 2.03 bits per heavy atom. The summed E-state index contributed by atoms with van der Waals surface area (Å²) >= 11 is 0. The fraction of sp³-hybridized carbons (Fsp3) is 0.464. The van der Waals surface area contributed by atoms with Gasteiger partial charge in [0, 0.05) is 18.9 Å². The number of benzene rings is 2. The average molecular weight is 481 g/mol. The molecule has 35 heavy (non-hydrogen) atoms. The molecule has 3 rings (SSSR count). The van der Waals surface area contributed by atoms with Crippen LogP contribution >= 0.6 is 0 Å². The Balaban J connectivity index is 1.53. The number of amides is 2. The molecule has 0 bridgehead atoms. The van der Waals surface area contributed by atoms with Crippen molar-refractivity contribution in [2.45, 2.75) is 52.5 Å². The monoisotopic (exact) mass is 480 g/mol. The Morgan fingerprint density at radius 1 is 0.943 bits per heavy atom. The van der Waals surface area contributed by atoms with Crippen LogP contribution in [0.4, 0.5) is 4.79 Å². The minimum atomic E-state index is -1.04. The number of aliphatic carboxylic acids is 1. The number of carbonyl (C=O) groups excluding carboxylic acids is 2. The third-order valence-corrected chi connectivity index (χ3v) is 6.58. The second kappa shape index (κ2) is 11.9. The maximum atomic E-state index is 12.5. The van der Waals surface area contributed by atoms with Crippen molar-refractivity contribution >= 4 is 18.0 Å². The molecule has 0 aromatic heterocycles. The van der Waals surface area contributed by atoms with Crippen LogP contribution in [0.1, 0.15) is 57.6 Å². The zero-order chi connectivity index (χ0) is 25.5. The first-order valence-corrected chi connectivity index (χ1v) is 12.3. The van der Waals surface area contributed by atoms with Crippen LogP contribution in [0.3, 0.4) is 0 Å². The molecule has 3 N–H and O–H groups in total. The van der Waals surface area contributed by atoms with Crippen molar-refractivity contribution in [2.24, 2.45) is 17.8 Å². The lowest BCUT2D eigenvalue weighted by atomic mass is 9.92. The van der Waals surface area contributed by atoms with Crippen molar-refractivity contribution in [2.75, 3.05) is 13.2 Å². The van der Waals surface area contributed by atoms with Crippen LogP contribution in [0.15, 0.2) is 48.5 Å². The lowest BCUT2D eigenvalue weighted by molar-refractivity contribution is -0.142. The van der Waals surface area contributed by atoms with Gasteiger partial charge in [-0.25, -0.2) is 9.59 Å². The van der Waals surface area contributed by atoms with Gasteiger partial charge in [-0.05, 0) is 46.4 Å². The third-order valence-electron chi connectivity index (χ3n) is 6.58. The Labute approximate surface area is 207 Å². The van der Waals surface area contributed by atoms with E-state index in [-0.39, 0.29) is 49.2 Å². The van der Waals surface area contributed by atoms with Gasteiger partial charge in [-0.2, -0.15) is 0 Å². The van der Waals surface area contributed by atoms with Crippen LogP contribution in [0.5, 0.6) is 0 Å². The number of carboxylic acid groups (broad SMARTS) is 1. The molecular weight excluding hydrogens is 444 g/mol. The van der Waals surface area contributed by atoms with Crippen molar-refractivity contribution in [3.8, 4) is 11.1 Å². The Kier molecular flexibility index (Phi) is 8.90. The second-order valence-electron chi connectivity index (χ2n) is 10.0. The van der Waals surface area contributed by atoms with Crippen molar-refractivity contribution in [3.05, 3.63) is 59.7 Å². The van der Waals surface area contributed by atoms with Gasteiger partial charge in [0.1, 0.15) is 12.6 Å². The van der Waals surface area contributed by atoms with Gasteiger partial charge in [-0.1, -0.05) is 76.2 Å². The molecule has 7 heteroatoms. The van der Waals surface area contributed by atoms with Gasteiger partial charge in [0.15, 0.2) is 0 Å². The van der Waals surface area contributed by atoms with Gasteiger partial charge in [0.05, 0.1) is 0 Å². The van der Waals surface area contributed by atoms with Gasteiger partial charge in [-0.3, -0.25) is 4.79 Å². The Morgan fingerprint density at radius 2 is 1.51 bits per heavy atom. The van der Waals surface area contributed by atoms with Crippen molar-refractivity contribution in [1.29, 1.82) is 0 Å². The molecular formula is C28H36N2O5. The minimum Gasteiger partial charge on any atom is -0.480 e. The SMILES string of the molecule is CC(C)CC(NC(=O)CC(CNC(=O)OCC1c2ccccc2-c2ccccc21)C(C)C)C(=O)O. The summed E-state index contributed by atoms with van der Waals surface area (Å²) in [7, 11) is 0. The number of ether oxygens (including phenoxy) is 1. The number of hydrogen-bond acceptors (Lipinski definition) is 4. The molecule has 0 aliphatic heterocycles. The molecule has 2 aromatic carbocycles. The molecule has 2 amide bonds. The van der Waals surface area contributed by atoms with Crippen molar-refractivity contribution < 1.29 is 24.2 Å². The Bertz CT molecular complexity index is 1000. The molecule has 0 saturated heterocycles. The number of hydrogen-bond donors (Lipinski definition) is 3. The lowest BCUT2D eigenvalue weighted by Gasteiger charge is -2.23. The zero-order valence-corrected chi connectivity index (χ0v) is 20.9. The van der Waals surface area contributed by atoms with Crippen LogP contribution in [0.2, 0.25) is 0 Å². The molecule has 0 fully saturated rings. The van der Waals surface area contributed by atoms with Crippen LogP contribution in [0.25, 0.3) is 11.1 Å². The highest BCUT2D eigenvalue weighted by Gasteiger charge is 2.29. The van der Waals surface area contributed by atoms with Gasteiger partial charge in [-0.15, -0.1) is 0 Å². The van der Waals surface area contributed by atoms with Crippen LogP contribution in [0, 0.1) is 17.8 Å². The van der Waals surface area contributed by atoms with Gasteiger partial charge >= 0.3 is 12.1 Å². The van der Waals surface area contributed by atoms with E-state index in [2.05, 4.69) is 34.9 Å². The number of nitrogens with one attached hydrogen (secondary N) is 2. The summed E-state index contributed by atoms with van der Waals surface area (Å²) < 4.78 is 5.59. The number of carbonyl (C=O) groups is 3. The normalized spacial score (nSPS) is 14.2. The molecule has 1 aliphatic carbocycles. The number of carboxylic acids is 1. The first kappa shape index (κ1) is 26.3. The lowest BCUT2D eigenvalue weighted by Crippen LogP contribution is -2.43. The van der Waals surface area contributed by atoms with E-state index in [9.17, 15) is 19.5 Å². The van der Waals surface area contributed by atoms with Crippen molar-refractivity contribution in [1.82, 2.24) is 10.6 Å². The third kappa shape index (κ3) is 6.84. The van der Waals surface area contributed by atoms with E-state index >= 15 is 0 Å². The van der Waals surface area contributed by atoms with E-state index in [1.165, 1.54) is 11.1 Å². The standard InChI is InChI=1S/C28H36N2O5/c1-17(2)13-25(27(32)33)30-26(31)14-19(18(3)4)15-29-28(34)35-16-24-22-11-7-5-9-20(22)21-10-6-8-12-23(21)24/h5-12,17-19,24-25H,13-16H2,1-4H3,(H,29,34)(H,30,31)(H,32,33). The highest BCUT2D eigenvalue weighted by Crippen LogP contribution is 2.44. The predicted molar refractivity (Wildman–Crippen MR) is 135 cm³/mol. The van der Waals surface area contributed by atoms with Gasteiger partial charge in [0.25, 0.3) is 0 Å². The number of rotatable bonds is 11. The molecule has 7 nitrogen and oxygen atoms in total. The van der Waals surface area contributed by atoms with E-state index < -0.39 is 18.1 Å². The van der Waals surface area contributed by atoms with Crippen LogP contribution in [-0.2, 0) is 14.3 Å². The Hall–Kier alpha value is -3.35. The maximum Gasteiger partial charge on any atom is 0.407 e. The molecule has 2 unspecified atom stereocenters. The first-order chi connectivity index (χ1) is 16.7. The van der Waals surface area contributed by atoms with E-state index in [1.54, 1.807) is 0 Å². The molecule has 0 saturated carbocycles. The number of fused-ring (bicyclic) bond motifs is 3. The van der Waals surface area contributed by atoms with E-state index in [0.717, 1.165) is 11.1 Å². The summed E-state index contributed by atoms with van der Waals surface area (Å²) in [6.07, 6.45) is -0.0321. The van der Waals surface area contributed by atoms with E-state index in [0.29, 0.717) is 6.42 Å². The van der Waals surface area contributed by atoms with Gasteiger partial charge in [0.2, 0.25) is 5.91 Å². The summed E-state index contributed by atoms with van der Waals surface area (Å²) in [5.74, 6) is -1.27. The molecule has 1 aliphatic rings. The summed E-state index contributed by atoms with van der Waals surface area (Å²) in [4.78, 5) is 36.5. The minimum absolute atomic E-state index is 0.0197. The maximum absolute atomic E-state index is 12.5. The fourth-order valence-electron chi connectivity index (χ4n) is 4.59. The second-order valence-corrected chi connectivity index (χ2v) is 10.0. The smallest absolute Gasteiger partial charge is 0.407 e. The van der Waals surface area contributed by atoms with E-state index in [4.69, 9.17) is 4.74 Å². The topological polar surface area (TPSA) is 105 Å². The summed E-state index contributed by atoms with van der Waals surface area (Å²) in [6.45, 7) is 8.26. The summed E-state index contributed by atoms with van der Waals surface area (Å²) in [5, 5.41) is 14.8. The van der Waals surface area contributed by atoms with E-state index in [1.807, 2.05) is 52.0 Å². The highest BCUT2D eigenvalue weighted by atomic mass is 16.5. The van der Waals surface area contributed by atoms with Crippen LogP contribution in [-0.4, -0.2) is 42.3 Å². The predicted octanol–water partition coefficient (Wildman–Crippen LogP) is 4.80. The summed E-state index contributed by atoms with van der Waals surface area (Å²) in [5.41, 5.74) is 4.63. The quantitative estimate of drug-likeness (QED) is 0.428. The molecule has 2 aromatic rings. The average Bonchev–Trinajstić information content (AvgIpc) is 3.13. The number of alkyl carbamates (subject to hydrolysis) is 1. The molecule has 0 heterocycles. The molecule has 0 spiro atoms. The molecule has 0 radical (unpaired) electrons. The highest BCUT2D eigenvalue weighted by molar-refractivity contribution is 5.83. The summed E-state index contributed by atoms with van der Waals surface area (Å²) in [6, 6.07) is 15.4. The largest absolute Gasteiger partial charge is 0.480 e. The molecule has 2 atom stereocenters. The first-order valence-electron chi connectivity index (χ1n) is 12.3. The van der Waals surface area contributed by atoms with Gasteiger partial charge < -0.3 is 20.5 Å². The van der Waals surface area contributed by atoms with Crippen molar-refractivity contribution in [3.63, 3.8) is 0 Å². The molecule has 188 valence electrons. The van der Waals surface area contributed by atoms with Crippen LogP contribution < -0.4 is 10.6 Å². The fourth-order valence-corrected chi connectivity index (χ4v) is 4.59. The zero-order valence-electron chi connectivity index (χ0n) is 20.9.